The summed E-state index contributed by atoms with van der Waals surface area (Å²) >= 11 is 4.47. The molecule has 0 bridgehead atoms. The van der Waals surface area contributed by atoms with Gasteiger partial charge in [0.05, 0.1) is 6.10 Å². The number of benzene rings is 2. The number of hydrogen-bond donors (Lipinski definition) is 1. The maximum atomic E-state index is 13.4. The van der Waals surface area contributed by atoms with Crippen molar-refractivity contribution in [2.75, 3.05) is 38.5 Å². The van der Waals surface area contributed by atoms with Crippen molar-refractivity contribution in [1.29, 1.82) is 0 Å². The van der Waals surface area contributed by atoms with Crippen molar-refractivity contribution in [3.8, 4) is 0 Å². The molecule has 156 valence electrons. The van der Waals surface area contributed by atoms with Gasteiger partial charge in [0.25, 0.3) is 5.91 Å². The van der Waals surface area contributed by atoms with Crippen LogP contribution >= 0.6 is 12.6 Å². The van der Waals surface area contributed by atoms with Crippen LogP contribution in [0.4, 0.5) is 0 Å². The Labute approximate surface area is 179 Å². The highest BCUT2D eigenvalue weighted by molar-refractivity contribution is 7.80. The minimum absolute atomic E-state index is 0.150. The van der Waals surface area contributed by atoms with Gasteiger partial charge in [-0.05, 0) is 47.8 Å². The van der Waals surface area contributed by atoms with Crippen molar-refractivity contribution in [1.82, 2.24) is 9.80 Å². The van der Waals surface area contributed by atoms with E-state index in [1.54, 1.807) is 0 Å². The van der Waals surface area contributed by atoms with Crippen LogP contribution in [0.5, 0.6) is 0 Å². The second-order valence-electron chi connectivity index (χ2n) is 8.57. The lowest BCUT2D eigenvalue weighted by atomic mass is 10.0. The number of piperazine rings is 1. The van der Waals surface area contributed by atoms with Gasteiger partial charge in [-0.1, -0.05) is 43.3 Å². The van der Waals surface area contributed by atoms with Gasteiger partial charge >= 0.3 is 0 Å². The summed E-state index contributed by atoms with van der Waals surface area (Å²) in [7, 11) is 0. The van der Waals surface area contributed by atoms with Gasteiger partial charge in [0.15, 0.2) is 0 Å². The number of nitrogens with zero attached hydrogens (tertiary/aromatic N) is 2. The Kier molecular flexibility index (Phi) is 6.78. The van der Waals surface area contributed by atoms with Crippen LogP contribution in [0.3, 0.4) is 0 Å². The van der Waals surface area contributed by atoms with Gasteiger partial charge in [-0.3, -0.25) is 9.69 Å². The zero-order valence-corrected chi connectivity index (χ0v) is 18.2. The van der Waals surface area contributed by atoms with Crippen molar-refractivity contribution < 1.29 is 9.53 Å². The van der Waals surface area contributed by atoms with Crippen molar-refractivity contribution in [2.45, 2.75) is 38.3 Å². The van der Waals surface area contributed by atoms with E-state index in [4.69, 9.17) is 4.74 Å². The molecular formula is C24H32N2O2S. The first kappa shape index (κ1) is 20.7. The lowest BCUT2D eigenvalue weighted by molar-refractivity contribution is 0.0292. The van der Waals surface area contributed by atoms with Gasteiger partial charge in [-0.25, -0.2) is 0 Å². The zero-order chi connectivity index (χ0) is 20.2. The molecule has 2 unspecified atom stereocenters. The molecule has 1 amide bonds. The lowest BCUT2D eigenvalue weighted by Crippen LogP contribution is -2.56. The first-order valence-electron chi connectivity index (χ1n) is 10.9. The van der Waals surface area contributed by atoms with E-state index in [0.29, 0.717) is 18.1 Å². The molecule has 1 aliphatic carbocycles. The summed E-state index contributed by atoms with van der Waals surface area (Å²) in [6, 6.07) is 14.5. The van der Waals surface area contributed by atoms with Crippen molar-refractivity contribution in [3.63, 3.8) is 0 Å². The second-order valence-corrected chi connectivity index (χ2v) is 8.94. The van der Waals surface area contributed by atoms with E-state index in [2.05, 4.69) is 36.6 Å². The molecular weight excluding hydrogens is 380 g/mol. The first-order valence-corrected chi connectivity index (χ1v) is 11.5. The van der Waals surface area contributed by atoms with Gasteiger partial charge in [0, 0.05) is 44.4 Å². The van der Waals surface area contributed by atoms with E-state index < -0.39 is 0 Å². The third-order valence-electron chi connectivity index (χ3n) is 6.10. The van der Waals surface area contributed by atoms with E-state index in [0.717, 1.165) is 61.3 Å². The number of rotatable bonds is 8. The molecule has 2 aromatic rings. The molecule has 2 aromatic carbocycles. The standard InChI is InChI=1S/C24H32N2O2S/c1-18(17-29)15-25-12-13-26(16-20(25)11-14-28-21-9-10-21)24(27)23-8-4-6-19-5-2-3-7-22(19)23/h2-8,18,20-21,29H,9-17H2,1H3. The smallest absolute Gasteiger partial charge is 0.254 e. The number of fused-ring (bicyclic) bond motifs is 1. The Bertz CT molecular complexity index is 833. The SMILES string of the molecule is CC(CS)CN1CCN(C(=O)c2cccc3ccccc23)CC1CCOC1CC1. The van der Waals surface area contributed by atoms with Crippen molar-refractivity contribution >= 4 is 29.3 Å². The molecule has 0 N–H and O–H groups in total. The summed E-state index contributed by atoms with van der Waals surface area (Å²) in [5.41, 5.74) is 0.813. The predicted octanol–water partition coefficient (Wildman–Crippen LogP) is 4.10. The van der Waals surface area contributed by atoms with E-state index in [9.17, 15) is 4.79 Å². The Morgan fingerprint density at radius 1 is 1.17 bits per heavy atom. The van der Waals surface area contributed by atoms with Crippen LogP contribution in [0.1, 0.15) is 36.5 Å². The highest BCUT2D eigenvalue weighted by Crippen LogP contribution is 2.25. The Morgan fingerprint density at radius 3 is 2.76 bits per heavy atom. The van der Waals surface area contributed by atoms with E-state index in [1.807, 2.05) is 35.2 Å². The van der Waals surface area contributed by atoms with Gasteiger partial charge in [-0.2, -0.15) is 12.6 Å². The Hall–Kier alpha value is -1.56. The molecule has 0 radical (unpaired) electrons. The number of ether oxygens (including phenoxy) is 1. The summed E-state index contributed by atoms with van der Waals surface area (Å²) < 4.78 is 5.93. The molecule has 2 fully saturated rings. The minimum atomic E-state index is 0.150. The molecule has 1 heterocycles. The predicted molar refractivity (Wildman–Crippen MR) is 122 cm³/mol. The molecule has 0 aromatic heterocycles. The highest BCUT2D eigenvalue weighted by Gasteiger charge is 2.31. The average molecular weight is 413 g/mol. The van der Waals surface area contributed by atoms with E-state index in [-0.39, 0.29) is 5.91 Å². The van der Waals surface area contributed by atoms with Crippen LogP contribution in [0.15, 0.2) is 42.5 Å². The van der Waals surface area contributed by atoms with Crippen LogP contribution in [-0.4, -0.2) is 66.4 Å². The highest BCUT2D eigenvalue weighted by atomic mass is 32.1. The second kappa shape index (κ2) is 9.50. The number of carbonyl (C=O) groups is 1. The monoisotopic (exact) mass is 412 g/mol. The summed E-state index contributed by atoms with van der Waals surface area (Å²) in [6.45, 7) is 6.54. The van der Waals surface area contributed by atoms with Gasteiger partial charge in [-0.15, -0.1) is 0 Å². The molecule has 1 aliphatic heterocycles. The van der Waals surface area contributed by atoms with Gasteiger partial charge in [0.2, 0.25) is 0 Å². The molecule has 2 aliphatic rings. The maximum Gasteiger partial charge on any atom is 0.254 e. The third-order valence-corrected chi connectivity index (χ3v) is 6.72. The fraction of sp³-hybridized carbons (Fsp3) is 0.542. The fourth-order valence-corrected chi connectivity index (χ4v) is 4.35. The molecule has 1 saturated carbocycles. The Balaban J connectivity index is 1.47. The quantitative estimate of drug-likeness (QED) is 0.663. The summed E-state index contributed by atoms with van der Waals surface area (Å²) in [5, 5.41) is 2.16. The first-order chi connectivity index (χ1) is 14.2. The molecule has 1 saturated heterocycles. The number of thiol groups is 1. The van der Waals surface area contributed by atoms with E-state index in [1.165, 1.54) is 12.8 Å². The lowest BCUT2D eigenvalue weighted by Gasteiger charge is -2.42. The number of hydrogen-bond acceptors (Lipinski definition) is 4. The molecule has 0 spiro atoms. The van der Waals surface area contributed by atoms with Gasteiger partial charge < -0.3 is 9.64 Å². The summed E-state index contributed by atoms with van der Waals surface area (Å²) in [4.78, 5) is 18.0. The van der Waals surface area contributed by atoms with Crippen LogP contribution in [0, 0.1) is 5.92 Å². The van der Waals surface area contributed by atoms with Crippen molar-refractivity contribution in [3.05, 3.63) is 48.0 Å². The molecule has 2 atom stereocenters. The third kappa shape index (κ3) is 5.14. The minimum Gasteiger partial charge on any atom is -0.378 e. The average Bonchev–Trinajstić information content (AvgIpc) is 3.58. The van der Waals surface area contributed by atoms with Gasteiger partial charge in [0.1, 0.15) is 0 Å². The van der Waals surface area contributed by atoms with Crippen LogP contribution < -0.4 is 0 Å². The summed E-state index contributed by atoms with van der Waals surface area (Å²) in [5.74, 6) is 1.59. The number of amides is 1. The van der Waals surface area contributed by atoms with Crippen LogP contribution in [0.2, 0.25) is 0 Å². The maximum absolute atomic E-state index is 13.4. The van der Waals surface area contributed by atoms with E-state index >= 15 is 0 Å². The van der Waals surface area contributed by atoms with Crippen LogP contribution in [0.25, 0.3) is 10.8 Å². The molecule has 29 heavy (non-hydrogen) atoms. The van der Waals surface area contributed by atoms with Crippen LogP contribution in [-0.2, 0) is 4.74 Å². The largest absolute Gasteiger partial charge is 0.378 e. The number of carbonyl (C=O) groups excluding carboxylic acids is 1. The van der Waals surface area contributed by atoms with Crippen molar-refractivity contribution in [2.24, 2.45) is 5.92 Å². The molecule has 5 heteroatoms. The normalized spacial score (nSPS) is 21.4. The molecule has 4 nitrogen and oxygen atoms in total. The fourth-order valence-electron chi connectivity index (χ4n) is 4.24. The zero-order valence-electron chi connectivity index (χ0n) is 17.3. The Morgan fingerprint density at radius 2 is 1.97 bits per heavy atom. The topological polar surface area (TPSA) is 32.8 Å². The summed E-state index contributed by atoms with van der Waals surface area (Å²) in [6.07, 6.45) is 3.87. The molecule has 4 rings (SSSR count).